The third kappa shape index (κ3) is 3.76. The highest BCUT2D eigenvalue weighted by molar-refractivity contribution is 4.88. The first kappa shape index (κ1) is 13.1. The summed E-state index contributed by atoms with van der Waals surface area (Å²) < 4.78 is 5.28. The Morgan fingerprint density at radius 3 is 3.00 bits per heavy atom. The lowest BCUT2D eigenvalue weighted by atomic mass is 9.98. The molecular formula is C14H24N4O. The molecule has 2 aliphatic rings. The molecule has 106 valence electrons. The second kappa shape index (κ2) is 6.01. The predicted octanol–water partition coefficient (Wildman–Crippen LogP) is 1.60. The van der Waals surface area contributed by atoms with Crippen molar-refractivity contribution in [3.63, 3.8) is 0 Å². The Balaban J connectivity index is 1.46. The van der Waals surface area contributed by atoms with Gasteiger partial charge in [-0.3, -0.25) is 4.90 Å². The Labute approximate surface area is 114 Å². The maximum Gasteiger partial charge on any atom is 0.240 e. The zero-order chi connectivity index (χ0) is 13.1. The van der Waals surface area contributed by atoms with E-state index in [1.165, 1.54) is 32.2 Å². The maximum atomic E-state index is 5.28. The van der Waals surface area contributed by atoms with Gasteiger partial charge < -0.3 is 9.84 Å². The summed E-state index contributed by atoms with van der Waals surface area (Å²) in [4.78, 5) is 6.85. The zero-order valence-corrected chi connectivity index (χ0v) is 11.8. The minimum absolute atomic E-state index is 0.771. The van der Waals surface area contributed by atoms with Crippen LogP contribution in [-0.2, 0) is 13.0 Å². The van der Waals surface area contributed by atoms with E-state index < -0.39 is 0 Å². The smallest absolute Gasteiger partial charge is 0.240 e. The summed E-state index contributed by atoms with van der Waals surface area (Å²) in [6.45, 7) is 6.35. The molecule has 5 nitrogen and oxygen atoms in total. The molecule has 5 heteroatoms. The second-order valence-electron chi connectivity index (χ2n) is 5.88. The number of likely N-dealkylation sites (tertiary alicyclic amines) is 1. The highest BCUT2D eigenvalue weighted by atomic mass is 16.5. The van der Waals surface area contributed by atoms with E-state index in [1.54, 1.807) is 0 Å². The number of piperidine rings is 1. The van der Waals surface area contributed by atoms with Crippen molar-refractivity contribution in [2.45, 2.75) is 51.6 Å². The average molecular weight is 264 g/mol. The molecule has 1 saturated carbocycles. The van der Waals surface area contributed by atoms with Crippen molar-refractivity contribution in [2.24, 2.45) is 5.92 Å². The normalized spacial score (nSPS) is 24.8. The molecule has 3 rings (SSSR count). The van der Waals surface area contributed by atoms with Crippen molar-refractivity contribution < 1.29 is 4.52 Å². The van der Waals surface area contributed by atoms with Gasteiger partial charge in [0.15, 0.2) is 5.82 Å². The van der Waals surface area contributed by atoms with E-state index in [4.69, 9.17) is 4.52 Å². The van der Waals surface area contributed by atoms with Gasteiger partial charge in [-0.15, -0.1) is 0 Å². The molecule has 1 saturated heterocycles. The van der Waals surface area contributed by atoms with Crippen molar-refractivity contribution in [2.75, 3.05) is 19.6 Å². The molecule has 1 aliphatic carbocycles. The van der Waals surface area contributed by atoms with Crippen LogP contribution in [0.25, 0.3) is 0 Å². The summed E-state index contributed by atoms with van der Waals surface area (Å²) in [6, 6.07) is 0.818. The molecule has 2 fully saturated rings. The summed E-state index contributed by atoms with van der Waals surface area (Å²) >= 11 is 0. The lowest BCUT2D eigenvalue weighted by Gasteiger charge is -2.31. The minimum atomic E-state index is 0.771. The van der Waals surface area contributed by atoms with Gasteiger partial charge in [-0.2, -0.15) is 4.98 Å². The first-order chi connectivity index (χ1) is 9.33. The van der Waals surface area contributed by atoms with Crippen molar-refractivity contribution >= 4 is 0 Å². The van der Waals surface area contributed by atoms with Crippen LogP contribution < -0.4 is 5.32 Å². The van der Waals surface area contributed by atoms with Crippen LogP contribution in [0.4, 0.5) is 0 Å². The first-order valence-electron chi connectivity index (χ1n) is 7.60. The lowest BCUT2D eigenvalue weighted by molar-refractivity contribution is 0.148. The Kier molecular flexibility index (Phi) is 4.13. The SMILES string of the molecule is CCc1noc(CN2CCCC(CNC3CC3)C2)n1. The molecule has 1 aromatic heterocycles. The molecule has 1 aromatic rings. The van der Waals surface area contributed by atoms with Crippen molar-refractivity contribution in [1.82, 2.24) is 20.4 Å². The highest BCUT2D eigenvalue weighted by Gasteiger charge is 2.25. The Morgan fingerprint density at radius 1 is 1.37 bits per heavy atom. The molecule has 1 atom stereocenters. The standard InChI is InChI=1S/C14H24N4O/c1-2-13-16-14(19-17-13)10-18-7-3-4-11(9-18)8-15-12-5-6-12/h11-12,15H,2-10H2,1H3. The third-order valence-corrected chi connectivity index (χ3v) is 4.06. The fourth-order valence-electron chi connectivity index (χ4n) is 2.77. The highest BCUT2D eigenvalue weighted by Crippen LogP contribution is 2.22. The largest absolute Gasteiger partial charge is 0.338 e. The number of nitrogens with zero attached hydrogens (tertiary/aromatic N) is 3. The monoisotopic (exact) mass is 264 g/mol. The van der Waals surface area contributed by atoms with E-state index in [0.717, 1.165) is 49.7 Å². The Morgan fingerprint density at radius 2 is 2.26 bits per heavy atom. The van der Waals surface area contributed by atoms with E-state index in [2.05, 4.69) is 27.3 Å². The second-order valence-corrected chi connectivity index (χ2v) is 5.88. The van der Waals surface area contributed by atoms with Crippen molar-refractivity contribution in [3.8, 4) is 0 Å². The molecule has 0 spiro atoms. The molecule has 1 unspecified atom stereocenters. The Hall–Kier alpha value is -0.940. The maximum absolute atomic E-state index is 5.28. The molecule has 19 heavy (non-hydrogen) atoms. The van der Waals surface area contributed by atoms with Crippen LogP contribution in [0.2, 0.25) is 0 Å². The summed E-state index contributed by atoms with van der Waals surface area (Å²) in [7, 11) is 0. The van der Waals surface area contributed by atoms with E-state index >= 15 is 0 Å². The predicted molar refractivity (Wildman–Crippen MR) is 72.7 cm³/mol. The molecule has 0 amide bonds. The first-order valence-corrected chi connectivity index (χ1v) is 7.60. The number of nitrogens with one attached hydrogen (secondary N) is 1. The summed E-state index contributed by atoms with van der Waals surface area (Å²) in [5, 5.41) is 7.61. The van der Waals surface area contributed by atoms with Crippen LogP contribution >= 0.6 is 0 Å². The topological polar surface area (TPSA) is 54.2 Å². The van der Waals surface area contributed by atoms with Gasteiger partial charge in [-0.25, -0.2) is 0 Å². The van der Waals surface area contributed by atoms with Gasteiger partial charge in [0.05, 0.1) is 6.54 Å². The Bertz CT molecular complexity index is 402. The average Bonchev–Trinajstić information content (AvgIpc) is 3.16. The van der Waals surface area contributed by atoms with Crippen LogP contribution in [0.3, 0.4) is 0 Å². The molecule has 0 radical (unpaired) electrons. The van der Waals surface area contributed by atoms with E-state index in [0.29, 0.717) is 0 Å². The number of rotatable bonds is 6. The number of hydrogen-bond acceptors (Lipinski definition) is 5. The fraction of sp³-hybridized carbons (Fsp3) is 0.857. The van der Waals surface area contributed by atoms with Crippen molar-refractivity contribution in [3.05, 3.63) is 11.7 Å². The summed E-state index contributed by atoms with van der Waals surface area (Å²) in [5.41, 5.74) is 0. The molecule has 1 N–H and O–H groups in total. The van der Waals surface area contributed by atoms with Gasteiger partial charge >= 0.3 is 0 Å². The zero-order valence-electron chi connectivity index (χ0n) is 11.8. The molecular weight excluding hydrogens is 240 g/mol. The van der Waals surface area contributed by atoms with Gasteiger partial charge in [-0.1, -0.05) is 12.1 Å². The summed E-state index contributed by atoms with van der Waals surface area (Å²) in [5.74, 6) is 2.37. The molecule has 0 bridgehead atoms. The quantitative estimate of drug-likeness (QED) is 0.845. The van der Waals surface area contributed by atoms with Gasteiger partial charge in [0.2, 0.25) is 5.89 Å². The van der Waals surface area contributed by atoms with E-state index in [9.17, 15) is 0 Å². The van der Waals surface area contributed by atoms with Gasteiger partial charge in [-0.05, 0) is 44.7 Å². The molecule has 0 aromatic carbocycles. The van der Waals surface area contributed by atoms with Crippen LogP contribution in [0.1, 0.15) is 44.3 Å². The van der Waals surface area contributed by atoms with Crippen LogP contribution in [-0.4, -0.2) is 40.7 Å². The van der Waals surface area contributed by atoms with Crippen molar-refractivity contribution in [1.29, 1.82) is 0 Å². The van der Waals surface area contributed by atoms with E-state index in [1.807, 2.05) is 0 Å². The molecule has 1 aliphatic heterocycles. The van der Waals surface area contributed by atoms with Gasteiger partial charge in [0, 0.05) is 19.0 Å². The fourth-order valence-corrected chi connectivity index (χ4v) is 2.77. The van der Waals surface area contributed by atoms with Gasteiger partial charge in [0.25, 0.3) is 0 Å². The summed E-state index contributed by atoms with van der Waals surface area (Å²) in [6.07, 6.45) is 6.22. The van der Waals surface area contributed by atoms with E-state index in [-0.39, 0.29) is 0 Å². The van der Waals surface area contributed by atoms with Gasteiger partial charge in [0.1, 0.15) is 0 Å². The minimum Gasteiger partial charge on any atom is -0.338 e. The third-order valence-electron chi connectivity index (χ3n) is 4.06. The molecule has 2 heterocycles. The number of hydrogen-bond donors (Lipinski definition) is 1. The van der Waals surface area contributed by atoms with Crippen LogP contribution in [0, 0.1) is 5.92 Å². The number of aryl methyl sites for hydroxylation is 1. The lowest BCUT2D eigenvalue weighted by Crippen LogP contribution is -2.39. The van der Waals surface area contributed by atoms with Crippen LogP contribution in [0.15, 0.2) is 4.52 Å². The number of aromatic nitrogens is 2. The van der Waals surface area contributed by atoms with Crippen LogP contribution in [0.5, 0.6) is 0 Å².